The van der Waals surface area contributed by atoms with Crippen LogP contribution in [-0.2, 0) is 0 Å². The number of halogens is 2. The molecule has 0 radical (unpaired) electrons. The van der Waals surface area contributed by atoms with Crippen LogP contribution in [0.2, 0.25) is 5.02 Å². The lowest BCUT2D eigenvalue weighted by molar-refractivity contribution is 0.102. The van der Waals surface area contributed by atoms with E-state index < -0.39 is 11.7 Å². The summed E-state index contributed by atoms with van der Waals surface area (Å²) in [5, 5.41) is 2.82. The molecular weight excluding hydrogens is 297 g/mol. The zero-order valence-corrected chi connectivity index (χ0v) is 11.3. The molecule has 1 heterocycles. The summed E-state index contributed by atoms with van der Waals surface area (Å²) in [6.07, 6.45) is 0. The summed E-state index contributed by atoms with van der Waals surface area (Å²) in [4.78, 5) is 28.4. The van der Waals surface area contributed by atoms with E-state index in [1.54, 1.807) is 18.2 Å². The van der Waals surface area contributed by atoms with Crippen molar-refractivity contribution in [3.05, 3.63) is 63.3 Å². The summed E-state index contributed by atoms with van der Waals surface area (Å²) in [7, 11) is 0. The first-order valence-electron chi connectivity index (χ1n) is 6.01. The van der Waals surface area contributed by atoms with E-state index in [0.29, 0.717) is 16.7 Å². The minimum absolute atomic E-state index is 0.148. The number of carbonyl (C=O) groups is 1. The maximum absolute atomic E-state index is 13.6. The van der Waals surface area contributed by atoms with Gasteiger partial charge in [0.1, 0.15) is 5.82 Å². The van der Waals surface area contributed by atoms with Crippen LogP contribution in [0.15, 0.2) is 41.2 Å². The van der Waals surface area contributed by atoms with Gasteiger partial charge in [-0.2, -0.15) is 0 Å². The molecule has 0 aliphatic carbocycles. The molecule has 3 aromatic rings. The second kappa shape index (κ2) is 5.06. The number of nitrogens with one attached hydrogen (secondary N) is 3. The van der Waals surface area contributed by atoms with E-state index in [-0.39, 0.29) is 16.3 Å². The van der Waals surface area contributed by atoms with Gasteiger partial charge >= 0.3 is 5.69 Å². The van der Waals surface area contributed by atoms with E-state index >= 15 is 0 Å². The number of anilines is 1. The highest BCUT2D eigenvalue weighted by Gasteiger charge is 2.13. The molecule has 0 saturated carbocycles. The summed E-state index contributed by atoms with van der Waals surface area (Å²) >= 11 is 5.75. The van der Waals surface area contributed by atoms with Crippen molar-refractivity contribution in [3.8, 4) is 0 Å². The standard InChI is InChI=1S/C14H9ClFN3O2/c15-7-1-3-10(16)9(5-7)13(20)17-8-2-4-11-12(6-8)19-14(21)18-11/h1-6H,(H,17,20)(H2,18,19,21). The highest BCUT2D eigenvalue weighted by molar-refractivity contribution is 6.31. The van der Waals surface area contributed by atoms with E-state index in [9.17, 15) is 14.0 Å². The van der Waals surface area contributed by atoms with Crippen LogP contribution in [0.5, 0.6) is 0 Å². The van der Waals surface area contributed by atoms with Crippen molar-refractivity contribution in [2.75, 3.05) is 5.32 Å². The van der Waals surface area contributed by atoms with Crippen molar-refractivity contribution < 1.29 is 9.18 Å². The van der Waals surface area contributed by atoms with Crippen LogP contribution in [0.25, 0.3) is 11.0 Å². The molecule has 3 N–H and O–H groups in total. The Morgan fingerprint density at radius 1 is 1.10 bits per heavy atom. The predicted molar refractivity (Wildman–Crippen MR) is 78.3 cm³/mol. The molecule has 1 amide bonds. The molecule has 0 aliphatic heterocycles. The predicted octanol–water partition coefficient (Wildman–Crippen LogP) is 2.90. The number of H-pyrrole nitrogens is 2. The first-order valence-corrected chi connectivity index (χ1v) is 6.39. The SMILES string of the molecule is O=C(Nc1ccc2[nH]c(=O)[nH]c2c1)c1cc(Cl)ccc1F. The Balaban J connectivity index is 1.92. The highest BCUT2D eigenvalue weighted by Crippen LogP contribution is 2.18. The maximum atomic E-state index is 13.6. The van der Waals surface area contributed by atoms with E-state index in [2.05, 4.69) is 15.3 Å². The second-order valence-electron chi connectivity index (χ2n) is 4.42. The number of hydrogen-bond donors (Lipinski definition) is 3. The van der Waals surface area contributed by atoms with Crippen LogP contribution in [0.3, 0.4) is 0 Å². The number of rotatable bonds is 2. The molecule has 1 aromatic heterocycles. The van der Waals surface area contributed by atoms with Gasteiger partial charge in [-0.15, -0.1) is 0 Å². The Morgan fingerprint density at radius 3 is 2.67 bits per heavy atom. The number of carbonyl (C=O) groups excluding carboxylic acids is 1. The fourth-order valence-corrected chi connectivity index (χ4v) is 2.15. The summed E-state index contributed by atoms with van der Waals surface area (Å²) in [6, 6.07) is 8.56. The largest absolute Gasteiger partial charge is 0.323 e. The average molecular weight is 306 g/mol. The average Bonchev–Trinajstić information content (AvgIpc) is 2.80. The number of imidazole rings is 1. The van der Waals surface area contributed by atoms with Crippen molar-refractivity contribution >= 4 is 34.2 Å². The topological polar surface area (TPSA) is 77.8 Å². The maximum Gasteiger partial charge on any atom is 0.323 e. The molecule has 0 saturated heterocycles. The fourth-order valence-electron chi connectivity index (χ4n) is 1.98. The number of amides is 1. The number of aromatic amines is 2. The Labute approximate surface area is 122 Å². The van der Waals surface area contributed by atoms with Gasteiger partial charge in [-0.3, -0.25) is 4.79 Å². The molecule has 0 unspecified atom stereocenters. The normalized spacial score (nSPS) is 10.8. The Bertz CT molecular complexity index is 901. The Hall–Kier alpha value is -2.60. The van der Waals surface area contributed by atoms with Crippen molar-refractivity contribution in [1.29, 1.82) is 0 Å². The van der Waals surface area contributed by atoms with E-state index in [1.807, 2.05) is 0 Å². The summed E-state index contributed by atoms with van der Waals surface area (Å²) < 4.78 is 13.6. The molecule has 0 fully saturated rings. The van der Waals surface area contributed by atoms with Gasteiger partial charge in [0.15, 0.2) is 0 Å². The molecule has 0 spiro atoms. The third-order valence-corrected chi connectivity index (χ3v) is 3.18. The van der Waals surface area contributed by atoms with Crippen LogP contribution < -0.4 is 11.0 Å². The Kier molecular flexibility index (Phi) is 3.23. The second-order valence-corrected chi connectivity index (χ2v) is 4.85. The summed E-state index contributed by atoms with van der Waals surface area (Å²) in [5.74, 6) is -1.28. The first-order chi connectivity index (χ1) is 10.0. The molecule has 0 bridgehead atoms. The van der Waals surface area contributed by atoms with Gasteiger partial charge in [0.05, 0.1) is 16.6 Å². The van der Waals surface area contributed by atoms with Crippen LogP contribution in [0.4, 0.5) is 10.1 Å². The van der Waals surface area contributed by atoms with E-state index in [0.717, 1.165) is 6.07 Å². The number of aromatic nitrogens is 2. The lowest BCUT2D eigenvalue weighted by Gasteiger charge is -2.06. The Morgan fingerprint density at radius 2 is 1.86 bits per heavy atom. The minimum atomic E-state index is -0.659. The number of hydrogen-bond acceptors (Lipinski definition) is 2. The van der Waals surface area contributed by atoms with Gasteiger partial charge in [-0.1, -0.05) is 11.6 Å². The lowest BCUT2D eigenvalue weighted by atomic mass is 10.2. The molecule has 21 heavy (non-hydrogen) atoms. The van der Waals surface area contributed by atoms with E-state index in [1.165, 1.54) is 12.1 Å². The molecule has 0 atom stereocenters. The van der Waals surface area contributed by atoms with Crippen LogP contribution in [-0.4, -0.2) is 15.9 Å². The van der Waals surface area contributed by atoms with Crippen LogP contribution in [0.1, 0.15) is 10.4 Å². The smallest absolute Gasteiger partial charge is 0.322 e. The first kappa shape index (κ1) is 13.4. The molecule has 3 rings (SSSR count). The van der Waals surface area contributed by atoms with Crippen molar-refractivity contribution in [2.45, 2.75) is 0 Å². The van der Waals surface area contributed by atoms with Crippen molar-refractivity contribution in [2.24, 2.45) is 0 Å². The highest BCUT2D eigenvalue weighted by atomic mass is 35.5. The molecule has 0 aliphatic rings. The number of fused-ring (bicyclic) bond motifs is 1. The fraction of sp³-hybridized carbons (Fsp3) is 0. The van der Waals surface area contributed by atoms with Gasteiger partial charge < -0.3 is 15.3 Å². The lowest BCUT2D eigenvalue weighted by Crippen LogP contribution is -2.13. The third-order valence-electron chi connectivity index (χ3n) is 2.95. The summed E-state index contributed by atoms with van der Waals surface area (Å²) in [5.41, 5.74) is 1.11. The van der Waals surface area contributed by atoms with Gasteiger partial charge in [0, 0.05) is 10.7 Å². The van der Waals surface area contributed by atoms with Crippen molar-refractivity contribution in [1.82, 2.24) is 9.97 Å². The van der Waals surface area contributed by atoms with Gasteiger partial charge in [-0.05, 0) is 36.4 Å². The van der Waals surface area contributed by atoms with Crippen LogP contribution in [0, 0.1) is 5.82 Å². The quantitative estimate of drug-likeness (QED) is 0.681. The van der Waals surface area contributed by atoms with Gasteiger partial charge in [0.25, 0.3) is 5.91 Å². The monoisotopic (exact) mass is 305 g/mol. The third kappa shape index (κ3) is 2.66. The number of benzene rings is 2. The zero-order chi connectivity index (χ0) is 15.0. The van der Waals surface area contributed by atoms with Crippen molar-refractivity contribution in [3.63, 3.8) is 0 Å². The summed E-state index contributed by atoms with van der Waals surface area (Å²) in [6.45, 7) is 0. The molecular formula is C14H9ClFN3O2. The van der Waals surface area contributed by atoms with Crippen LogP contribution >= 0.6 is 11.6 Å². The molecule has 7 heteroatoms. The minimum Gasteiger partial charge on any atom is -0.322 e. The zero-order valence-electron chi connectivity index (χ0n) is 10.5. The molecule has 2 aromatic carbocycles. The van der Waals surface area contributed by atoms with Gasteiger partial charge in [0.2, 0.25) is 0 Å². The van der Waals surface area contributed by atoms with Gasteiger partial charge in [-0.25, -0.2) is 9.18 Å². The van der Waals surface area contributed by atoms with E-state index in [4.69, 9.17) is 11.6 Å². The molecule has 106 valence electrons. The molecule has 5 nitrogen and oxygen atoms in total.